The maximum atomic E-state index is 9.00. The van der Waals surface area contributed by atoms with Crippen molar-refractivity contribution in [2.75, 3.05) is 18.0 Å². The predicted molar refractivity (Wildman–Crippen MR) is 59.6 cm³/mol. The molecule has 0 atom stereocenters. The average Bonchev–Trinajstić information content (AvgIpc) is 2.57. The van der Waals surface area contributed by atoms with Gasteiger partial charge < -0.3 is 4.90 Å². The topological polar surface area (TPSA) is 39.9 Å². The molecule has 3 heteroatoms. The van der Waals surface area contributed by atoms with Crippen molar-refractivity contribution >= 4 is 5.82 Å². The van der Waals surface area contributed by atoms with Crippen LogP contribution in [0.2, 0.25) is 0 Å². The Bertz CT molecular complexity index is 359. The highest BCUT2D eigenvalue weighted by Crippen LogP contribution is 2.20. The van der Waals surface area contributed by atoms with Crippen LogP contribution in [0.25, 0.3) is 0 Å². The number of nitriles is 1. The summed E-state index contributed by atoms with van der Waals surface area (Å²) in [6.07, 6.45) is 6.78. The van der Waals surface area contributed by atoms with Gasteiger partial charge >= 0.3 is 0 Å². The highest BCUT2D eigenvalue weighted by atomic mass is 15.2. The third-order valence-corrected chi connectivity index (χ3v) is 2.81. The van der Waals surface area contributed by atoms with E-state index in [-0.39, 0.29) is 0 Å². The van der Waals surface area contributed by atoms with Crippen molar-refractivity contribution in [2.24, 2.45) is 0 Å². The molecular weight excluding hydrogens is 186 g/mol. The second kappa shape index (κ2) is 4.79. The van der Waals surface area contributed by atoms with E-state index in [1.807, 2.05) is 12.1 Å². The van der Waals surface area contributed by atoms with Gasteiger partial charge in [-0.25, -0.2) is 4.98 Å². The molecule has 0 radical (unpaired) electrons. The van der Waals surface area contributed by atoms with Crippen molar-refractivity contribution in [1.82, 2.24) is 4.98 Å². The molecule has 15 heavy (non-hydrogen) atoms. The number of rotatable bonds is 1. The molecule has 0 bridgehead atoms. The van der Waals surface area contributed by atoms with E-state index in [2.05, 4.69) is 16.0 Å². The number of pyridine rings is 1. The number of hydrogen-bond acceptors (Lipinski definition) is 3. The Hall–Kier alpha value is -1.56. The van der Waals surface area contributed by atoms with E-state index in [1.54, 1.807) is 6.20 Å². The second-order valence-electron chi connectivity index (χ2n) is 3.89. The monoisotopic (exact) mass is 201 g/mol. The Labute approximate surface area is 90.4 Å². The Morgan fingerprint density at radius 2 is 1.93 bits per heavy atom. The lowest BCUT2D eigenvalue weighted by atomic mass is 10.2. The summed E-state index contributed by atoms with van der Waals surface area (Å²) in [5, 5.41) is 9.00. The van der Waals surface area contributed by atoms with Crippen molar-refractivity contribution in [3.8, 4) is 6.07 Å². The van der Waals surface area contributed by atoms with Crippen LogP contribution < -0.4 is 4.90 Å². The first-order chi connectivity index (χ1) is 7.42. The van der Waals surface area contributed by atoms with E-state index in [9.17, 15) is 0 Å². The van der Waals surface area contributed by atoms with E-state index in [0.717, 1.165) is 18.9 Å². The smallest absolute Gasteiger partial charge is 0.146 e. The van der Waals surface area contributed by atoms with Crippen molar-refractivity contribution < 1.29 is 0 Å². The molecule has 78 valence electrons. The standard InChI is InChI=1S/C12H15N3/c13-10-11-6-5-7-14-12(11)15-8-3-1-2-4-9-15/h5-7H,1-4,8-9H2. The Morgan fingerprint density at radius 3 is 2.60 bits per heavy atom. The molecule has 1 aliphatic heterocycles. The van der Waals surface area contributed by atoms with Gasteiger partial charge in [-0.3, -0.25) is 0 Å². The molecule has 3 nitrogen and oxygen atoms in total. The highest BCUT2D eigenvalue weighted by Gasteiger charge is 2.13. The summed E-state index contributed by atoms with van der Waals surface area (Å²) in [6, 6.07) is 5.87. The third-order valence-electron chi connectivity index (χ3n) is 2.81. The normalized spacial score (nSPS) is 16.9. The van der Waals surface area contributed by atoms with Gasteiger partial charge in [-0.2, -0.15) is 5.26 Å². The lowest BCUT2D eigenvalue weighted by Crippen LogP contribution is -2.25. The highest BCUT2D eigenvalue weighted by molar-refractivity contribution is 5.53. The van der Waals surface area contributed by atoms with Crippen LogP contribution >= 0.6 is 0 Å². The fraction of sp³-hybridized carbons (Fsp3) is 0.500. The predicted octanol–water partition coefficient (Wildman–Crippen LogP) is 2.33. The van der Waals surface area contributed by atoms with Gasteiger partial charge in [0.1, 0.15) is 11.9 Å². The summed E-state index contributed by atoms with van der Waals surface area (Å²) in [5.74, 6) is 0.863. The summed E-state index contributed by atoms with van der Waals surface area (Å²) in [7, 11) is 0. The molecule has 0 saturated carbocycles. The summed E-state index contributed by atoms with van der Waals surface area (Å²) < 4.78 is 0. The molecule has 1 saturated heterocycles. The average molecular weight is 201 g/mol. The van der Waals surface area contributed by atoms with Gasteiger partial charge in [0, 0.05) is 19.3 Å². The zero-order chi connectivity index (χ0) is 10.5. The van der Waals surface area contributed by atoms with Gasteiger partial charge in [0.15, 0.2) is 0 Å². The fourth-order valence-electron chi connectivity index (χ4n) is 2.02. The van der Waals surface area contributed by atoms with Gasteiger partial charge in [-0.05, 0) is 25.0 Å². The van der Waals surface area contributed by atoms with Gasteiger partial charge in [0.25, 0.3) is 0 Å². The van der Waals surface area contributed by atoms with Crippen LogP contribution in [0.15, 0.2) is 18.3 Å². The van der Waals surface area contributed by atoms with Gasteiger partial charge in [0.05, 0.1) is 5.56 Å². The largest absolute Gasteiger partial charge is 0.356 e. The third kappa shape index (κ3) is 2.27. The van der Waals surface area contributed by atoms with Crippen molar-refractivity contribution in [3.05, 3.63) is 23.9 Å². The molecule has 1 aromatic heterocycles. The summed E-state index contributed by atoms with van der Waals surface area (Å²) in [4.78, 5) is 6.56. The number of hydrogen-bond donors (Lipinski definition) is 0. The van der Waals surface area contributed by atoms with Crippen LogP contribution in [0.5, 0.6) is 0 Å². The fourth-order valence-corrected chi connectivity index (χ4v) is 2.02. The Balaban J connectivity index is 2.23. The SMILES string of the molecule is N#Cc1cccnc1N1CCCCCC1. The van der Waals surface area contributed by atoms with E-state index in [0.29, 0.717) is 5.56 Å². The minimum atomic E-state index is 0.694. The number of anilines is 1. The molecule has 0 aliphatic carbocycles. The molecule has 2 heterocycles. The number of nitrogens with zero attached hydrogens (tertiary/aromatic N) is 3. The first-order valence-corrected chi connectivity index (χ1v) is 5.52. The van der Waals surface area contributed by atoms with Crippen molar-refractivity contribution in [2.45, 2.75) is 25.7 Å². The summed E-state index contributed by atoms with van der Waals surface area (Å²) >= 11 is 0. The Kier molecular flexibility index (Phi) is 3.18. The number of aromatic nitrogens is 1. The first kappa shape index (κ1) is 9.97. The first-order valence-electron chi connectivity index (χ1n) is 5.52. The second-order valence-corrected chi connectivity index (χ2v) is 3.89. The zero-order valence-electron chi connectivity index (χ0n) is 8.82. The van der Waals surface area contributed by atoms with E-state index >= 15 is 0 Å². The summed E-state index contributed by atoms with van der Waals surface area (Å²) in [6.45, 7) is 2.07. The van der Waals surface area contributed by atoms with Gasteiger partial charge in [-0.15, -0.1) is 0 Å². The van der Waals surface area contributed by atoms with E-state index in [4.69, 9.17) is 5.26 Å². The van der Waals surface area contributed by atoms with Crippen LogP contribution in [0.4, 0.5) is 5.82 Å². The molecule has 2 rings (SSSR count). The molecule has 0 spiro atoms. The molecule has 0 amide bonds. The molecule has 1 fully saturated rings. The van der Waals surface area contributed by atoms with Gasteiger partial charge in [-0.1, -0.05) is 12.8 Å². The van der Waals surface area contributed by atoms with Crippen LogP contribution in [0.3, 0.4) is 0 Å². The molecule has 0 unspecified atom stereocenters. The zero-order valence-corrected chi connectivity index (χ0v) is 8.82. The summed E-state index contributed by atoms with van der Waals surface area (Å²) in [5.41, 5.74) is 0.694. The molecular formula is C12H15N3. The Morgan fingerprint density at radius 1 is 1.20 bits per heavy atom. The maximum absolute atomic E-state index is 9.00. The molecule has 0 aromatic carbocycles. The maximum Gasteiger partial charge on any atom is 0.146 e. The van der Waals surface area contributed by atoms with Crippen LogP contribution in [0, 0.1) is 11.3 Å². The van der Waals surface area contributed by atoms with Crippen LogP contribution in [0.1, 0.15) is 31.2 Å². The minimum absolute atomic E-state index is 0.694. The van der Waals surface area contributed by atoms with E-state index in [1.165, 1.54) is 25.7 Å². The lowest BCUT2D eigenvalue weighted by Gasteiger charge is -2.21. The molecule has 0 N–H and O–H groups in total. The van der Waals surface area contributed by atoms with Crippen LogP contribution in [-0.2, 0) is 0 Å². The molecule has 1 aliphatic rings. The lowest BCUT2D eigenvalue weighted by molar-refractivity contribution is 0.726. The minimum Gasteiger partial charge on any atom is -0.356 e. The van der Waals surface area contributed by atoms with Gasteiger partial charge in [0.2, 0.25) is 0 Å². The molecule has 1 aromatic rings. The quantitative estimate of drug-likeness (QED) is 0.700. The van der Waals surface area contributed by atoms with Crippen molar-refractivity contribution in [1.29, 1.82) is 5.26 Å². The van der Waals surface area contributed by atoms with E-state index < -0.39 is 0 Å². The van der Waals surface area contributed by atoms with Crippen molar-refractivity contribution in [3.63, 3.8) is 0 Å². The van der Waals surface area contributed by atoms with Crippen LogP contribution in [-0.4, -0.2) is 18.1 Å².